The van der Waals surface area contributed by atoms with Crippen LogP contribution in [0.2, 0.25) is 0 Å². The fourth-order valence-electron chi connectivity index (χ4n) is 4.31. The number of hydrogen-bond donors (Lipinski definition) is 0. The molecule has 2 aliphatic heterocycles. The van der Waals surface area contributed by atoms with Crippen LogP contribution >= 0.6 is 0 Å². The second-order valence-corrected chi connectivity index (χ2v) is 10.4. The van der Waals surface area contributed by atoms with Gasteiger partial charge in [0, 0.05) is 26.2 Å². The van der Waals surface area contributed by atoms with E-state index >= 15 is 0 Å². The lowest BCUT2D eigenvalue weighted by molar-refractivity contribution is -0.163. The highest BCUT2D eigenvalue weighted by atomic mass is 32.2. The lowest BCUT2D eigenvalue weighted by atomic mass is 9.98. The maximum Gasteiger partial charge on any atom is 0.339 e. The Bertz CT molecular complexity index is 963. The minimum atomic E-state index is -3.93. The van der Waals surface area contributed by atoms with Crippen LogP contribution in [0.3, 0.4) is 0 Å². The molecule has 0 radical (unpaired) electrons. The second-order valence-electron chi connectivity index (χ2n) is 8.48. The number of sulfonamides is 1. The van der Waals surface area contributed by atoms with Gasteiger partial charge in [-0.15, -0.1) is 0 Å². The molecule has 33 heavy (non-hydrogen) atoms. The summed E-state index contributed by atoms with van der Waals surface area (Å²) in [7, 11) is -2.74. The molecule has 3 rings (SSSR count). The first kappa shape index (κ1) is 25.2. The van der Waals surface area contributed by atoms with Gasteiger partial charge in [0.15, 0.2) is 6.10 Å². The van der Waals surface area contributed by atoms with E-state index in [1.54, 1.807) is 24.0 Å². The molecule has 1 unspecified atom stereocenters. The summed E-state index contributed by atoms with van der Waals surface area (Å²) in [5.74, 6) is -1.86. The molecule has 10 heteroatoms. The van der Waals surface area contributed by atoms with Crippen molar-refractivity contribution < 1.29 is 32.3 Å². The summed E-state index contributed by atoms with van der Waals surface area (Å²) in [6.45, 7) is 3.20. The maximum absolute atomic E-state index is 13.1. The van der Waals surface area contributed by atoms with Crippen LogP contribution < -0.4 is 0 Å². The lowest BCUT2D eigenvalue weighted by Crippen LogP contribution is -2.44. The Balaban J connectivity index is 1.58. The van der Waals surface area contributed by atoms with E-state index in [4.69, 9.17) is 9.47 Å². The number of amides is 1. The molecule has 1 aromatic rings. The predicted octanol–water partition coefficient (Wildman–Crippen LogP) is 2.21. The Morgan fingerprint density at radius 2 is 1.58 bits per heavy atom. The van der Waals surface area contributed by atoms with Gasteiger partial charge >= 0.3 is 11.9 Å². The van der Waals surface area contributed by atoms with Crippen molar-refractivity contribution in [3.8, 4) is 0 Å². The average Bonchev–Trinajstić information content (AvgIpc) is 3.12. The lowest BCUT2D eigenvalue weighted by Gasteiger charge is -2.31. The highest BCUT2D eigenvalue weighted by molar-refractivity contribution is 7.89. The highest BCUT2D eigenvalue weighted by Gasteiger charge is 2.36. The van der Waals surface area contributed by atoms with Crippen LogP contribution in [0.1, 0.15) is 55.8 Å². The molecule has 1 atom stereocenters. The number of piperidine rings is 1. The summed E-state index contributed by atoms with van der Waals surface area (Å²) in [4.78, 5) is 38.9. The van der Waals surface area contributed by atoms with E-state index in [2.05, 4.69) is 0 Å². The minimum absolute atomic E-state index is 0.0256. The minimum Gasteiger partial charge on any atom is -0.465 e. The highest BCUT2D eigenvalue weighted by Crippen LogP contribution is 2.27. The van der Waals surface area contributed by atoms with Gasteiger partial charge in [0.05, 0.1) is 23.5 Å². The van der Waals surface area contributed by atoms with Crippen molar-refractivity contribution in [3.05, 3.63) is 29.8 Å². The molecular formula is C23H32N2O7S. The number of methoxy groups -OCH3 is 1. The zero-order valence-electron chi connectivity index (χ0n) is 19.2. The zero-order valence-corrected chi connectivity index (χ0v) is 20.0. The third-order valence-electron chi connectivity index (χ3n) is 6.26. The summed E-state index contributed by atoms with van der Waals surface area (Å²) in [6, 6.07) is 5.90. The molecule has 0 aliphatic carbocycles. The second kappa shape index (κ2) is 11.1. The third-order valence-corrected chi connectivity index (χ3v) is 8.21. The summed E-state index contributed by atoms with van der Waals surface area (Å²) in [5, 5.41) is 0. The Hall–Kier alpha value is -2.46. The van der Waals surface area contributed by atoms with Crippen LogP contribution in [0.5, 0.6) is 0 Å². The number of esters is 2. The number of benzene rings is 1. The van der Waals surface area contributed by atoms with Gasteiger partial charge < -0.3 is 14.4 Å². The van der Waals surface area contributed by atoms with Gasteiger partial charge in [0.2, 0.25) is 10.0 Å². The van der Waals surface area contributed by atoms with Crippen molar-refractivity contribution in [1.82, 2.24) is 9.21 Å². The van der Waals surface area contributed by atoms with Crippen LogP contribution in [0, 0.1) is 5.92 Å². The quantitative estimate of drug-likeness (QED) is 0.574. The largest absolute Gasteiger partial charge is 0.465 e. The molecule has 2 saturated heterocycles. The van der Waals surface area contributed by atoms with Crippen LogP contribution in [-0.4, -0.2) is 74.9 Å². The summed E-state index contributed by atoms with van der Waals surface area (Å²) in [5.41, 5.74) is -0.0256. The van der Waals surface area contributed by atoms with E-state index < -0.39 is 34.0 Å². The van der Waals surface area contributed by atoms with Gasteiger partial charge in [-0.3, -0.25) is 9.59 Å². The number of rotatable bonds is 6. The summed E-state index contributed by atoms with van der Waals surface area (Å²) in [6.07, 6.45) is 3.82. The first-order valence-corrected chi connectivity index (χ1v) is 12.9. The summed E-state index contributed by atoms with van der Waals surface area (Å²) < 4.78 is 37.7. The van der Waals surface area contributed by atoms with E-state index in [1.807, 2.05) is 0 Å². The smallest absolute Gasteiger partial charge is 0.339 e. The molecule has 2 aliphatic rings. The Morgan fingerprint density at radius 3 is 2.18 bits per heavy atom. The molecule has 182 valence electrons. The molecule has 2 fully saturated rings. The van der Waals surface area contributed by atoms with E-state index in [1.165, 1.54) is 23.5 Å². The zero-order chi connectivity index (χ0) is 24.0. The topological polar surface area (TPSA) is 110 Å². The fraction of sp³-hybridized carbons (Fsp3) is 0.609. The van der Waals surface area contributed by atoms with Gasteiger partial charge in [-0.25, -0.2) is 13.2 Å². The normalized spacial score (nSPS) is 19.4. The molecule has 2 heterocycles. The summed E-state index contributed by atoms with van der Waals surface area (Å²) >= 11 is 0. The number of carbonyl (C=O) groups is 3. The van der Waals surface area contributed by atoms with Crippen LogP contribution in [-0.2, 0) is 29.1 Å². The SMILES string of the molecule is COC(=O)c1ccccc1S(=O)(=O)N1CCC(C(=O)OC(C)C(=O)N2CCCCCC2)CC1. The molecule has 9 nitrogen and oxygen atoms in total. The van der Waals surface area contributed by atoms with Crippen molar-refractivity contribution in [2.45, 2.75) is 56.4 Å². The Morgan fingerprint density at radius 1 is 0.970 bits per heavy atom. The Kier molecular flexibility index (Phi) is 8.47. The third kappa shape index (κ3) is 5.92. The maximum atomic E-state index is 13.1. The molecule has 1 amide bonds. The van der Waals surface area contributed by atoms with Crippen LogP contribution in [0.25, 0.3) is 0 Å². The first-order valence-electron chi connectivity index (χ1n) is 11.4. The molecule has 1 aromatic carbocycles. The number of nitrogens with zero attached hydrogens (tertiary/aromatic N) is 2. The standard InChI is InChI=1S/C23H32N2O7S/c1-17(21(26)24-13-7-3-4-8-14-24)32-22(27)18-11-15-25(16-12-18)33(29,30)20-10-6-5-9-19(20)23(28)31-2/h5-6,9-10,17-18H,3-4,7-8,11-16H2,1-2H3. The number of ether oxygens (including phenoxy) is 2. The predicted molar refractivity (Wildman–Crippen MR) is 120 cm³/mol. The van der Waals surface area contributed by atoms with Crippen molar-refractivity contribution in [1.29, 1.82) is 0 Å². The average molecular weight is 481 g/mol. The van der Waals surface area contributed by atoms with Gasteiger partial charge in [-0.05, 0) is 44.7 Å². The molecule has 0 aromatic heterocycles. The number of carbonyl (C=O) groups excluding carboxylic acids is 3. The van der Waals surface area contributed by atoms with Gasteiger partial charge in [-0.2, -0.15) is 4.31 Å². The molecule has 0 saturated carbocycles. The monoisotopic (exact) mass is 480 g/mol. The van der Waals surface area contributed by atoms with E-state index in [0.29, 0.717) is 13.1 Å². The molecule has 0 N–H and O–H groups in total. The fourth-order valence-corrected chi connectivity index (χ4v) is 5.96. The molecule has 0 spiro atoms. The number of hydrogen-bond acceptors (Lipinski definition) is 7. The first-order chi connectivity index (χ1) is 15.8. The van der Waals surface area contributed by atoms with Gasteiger partial charge in [0.25, 0.3) is 5.91 Å². The van der Waals surface area contributed by atoms with Crippen molar-refractivity contribution in [2.75, 3.05) is 33.3 Å². The van der Waals surface area contributed by atoms with E-state index in [9.17, 15) is 22.8 Å². The van der Waals surface area contributed by atoms with E-state index in [0.717, 1.165) is 25.7 Å². The molecule has 0 bridgehead atoms. The number of likely N-dealkylation sites (tertiary alicyclic amines) is 1. The molecular weight excluding hydrogens is 448 g/mol. The van der Waals surface area contributed by atoms with Crippen LogP contribution in [0.15, 0.2) is 29.2 Å². The van der Waals surface area contributed by atoms with Gasteiger partial charge in [0.1, 0.15) is 0 Å². The van der Waals surface area contributed by atoms with Crippen LogP contribution in [0.4, 0.5) is 0 Å². The van der Waals surface area contributed by atoms with Crippen molar-refractivity contribution >= 4 is 27.9 Å². The van der Waals surface area contributed by atoms with Crippen molar-refractivity contribution in [2.24, 2.45) is 5.92 Å². The van der Waals surface area contributed by atoms with E-state index in [-0.39, 0.29) is 42.3 Å². The van der Waals surface area contributed by atoms with Gasteiger partial charge in [-0.1, -0.05) is 25.0 Å². The Labute approximate surface area is 195 Å². The van der Waals surface area contributed by atoms with Crippen molar-refractivity contribution in [3.63, 3.8) is 0 Å².